The van der Waals surface area contributed by atoms with Gasteiger partial charge in [0.25, 0.3) is 0 Å². The quantitative estimate of drug-likeness (QED) is 0.827. The Hall–Kier alpha value is -0.520. The molecule has 1 aliphatic rings. The van der Waals surface area contributed by atoms with Crippen LogP contribution in [0.3, 0.4) is 0 Å². The Morgan fingerprint density at radius 3 is 2.71 bits per heavy atom. The maximum Gasteiger partial charge on any atom is 0.243 e. The number of hydrogen-bond acceptors (Lipinski definition) is 3. The third-order valence-electron chi connectivity index (χ3n) is 2.92. The second-order valence-electron chi connectivity index (χ2n) is 4.31. The number of nitrogens with zero attached hydrogens (tertiary/aromatic N) is 1. The minimum Gasteiger partial charge on any atom is -0.207 e. The maximum absolute atomic E-state index is 12.5. The van der Waals surface area contributed by atoms with Crippen molar-refractivity contribution in [3.05, 3.63) is 29.8 Å². The van der Waals surface area contributed by atoms with E-state index in [9.17, 15) is 8.42 Å². The lowest BCUT2D eigenvalue weighted by atomic mass is 10.2. The zero-order chi connectivity index (χ0) is 12.5. The topological polar surface area (TPSA) is 37.4 Å². The Bertz CT molecular complexity index is 499. The van der Waals surface area contributed by atoms with Gasteiger partial charge in [0.15, 0.2) is 0 Å². The standard InChI is InChI=1S/C12H17NO2S2/c1-10-5-3-4-6-12(10)17(14,15)13-7-8-16-11(2)9-13/h3-6,11H,7-9H2,1-2H3. The largest absolute Gasteiger partial charge is 0.243 e. The van der Waals surface area contributed by atoms with Crippen molar-refractivity contribution in [3.8, 4) is 0 Å². The Morgan fingerprint density at radius 1 is 1.35 bits per heavy atom. The first-order valence-electron chi connectivity index (χ1n) is 5.69. The summed E-state index contributed by atoms with van der Waals surface area (Å²) in [6, 6.07) is 7.18. The molecule has 0 amide bonds. The van der Waals surface area contributed by atoms with Crippen LogP contribution in [0.5, 0.6) is 0 Å². The maximum atomic E-state index is 12.5. The van der Waals surface area contributed by atoms with Gasteiger partial charge in [-0.25, -0.2) is 8.42 Å². The summed E-state index contributed by atoms with van der Waals surface area (Å²) in [4.78, 5) is 0.444. The first-order valence-corrected chi connectivity index (χ1v) is 8.18. The number of sulfonamides is 1. The zero-order valence-electron chi connectivity index (χ0n) is 10.1. The normalized spacial score (nSPS) is 22.6. The van der Waals surface area contributed by atoms with Crippen molar-refractivity contribution >= 4 is 21.8 Å². The Kier molecular flexibility index (Phi) is 3.80. The van der Waals surface area contributed by atoms with Gasteiger partial charge in [-0.2, -0.15) is 16.1 Å². The van der Waals surface area contributed by atoms with Crippen molar-refractivity contribution in [1.82, 2.24) is 4.31 Å². The molecule has 0 saturated carbocycles. The van der Waals surface area contributed by atoms with Crippen LogP contribution in [0.4, 0.5) is 0 Å². The zero-order valence-corrected chi connectivity index (χ0v) is 11.7. The van der Waals surface area contributed by atoms with Gasteiger partial charge in [0.1, 0.15) is 0 Å². The second-order valence-corrected chi connectivity index (χ2v) is 7.76. The fraction of sp³-hybridized carbons (Fsp3) is 0.500. The number of benzene rings is 1. The van der Waals surface area contributed by atoms with Crippen molar-refractivity contribution < 1.29 is 8.42 Å². The summed E-state index contributed by atoms with van der Waals surface area (Å²) >= 11 is 1.83. The fourth-order valence-electron chi connectivity index (χ4n) is 1.99. The number of aryl methyl sites for hydroxylation is 1. The summed E-state index contributed by atoms with van der Waals surface area (Å²) in [5.74, 6) is 0.881. The summed E-state index contributed by atoms with van der Waals surface area (Å²) < 4.78 is 26.5. The monoisotopic (exact) mass is 271 g/mol. The van der Waals surface area contributed by atoms with Crippen LogP contribution in [0, 0.1) is 6.92 Å². The average molecular weight is 271 g/mol. The molecule has 1 atom stereocenters. The lowest BCUT2D eigenvalue weighted by Gasteiger charge is -2.30. The van der Waals surface area contributed by atoms with Gasteiger partial charge >= 0.3 is 0 Å². The third kappa shape index (κ3) is 2.67. The molecule has 0 bridgehead atoms. The molecule has 1 fully saturated rings. The molecule has 94 valence electrons. The minimum absolute atomic E-state index is 0.377. The molecule has 5 heteroatoms. The Morgan fingerprint density at radius 2 is 2.06 bits per heavy atom. The van der Waals surface area contributed by atoms with Crippen LogP contribution in [0.2, 0.25) is 0 Å². The van der Waals surface area contributed by atoms with Crippen LogP contribution < -0.4 is 0 Å². The number of hydrogen-bond donors (Lipinski definition) is 0. The highest BCUT2D eigenvalue weighted by Crippen LogP contribution is 2.25. The molecule has 0 N–H and O–H groups in total. The van der Waals surface area contributed by atoms with E-state index in [0.717, 1.165) is 11.3 Å². The van der Waals surface area contributed by atoms with E-state index in [1.807, 2.05) is 30.8 Å². The van der Waals surface area contributed by atoms with Crippen LogP contribution >= 0.6 is 11.8 Å². The molecule has 1 aliphatic heterocycles. The van der Waals surface area contributed by atoms with Crippen LogP contribution in [0.15, 0.2) is 29.2 Å². The second kappa shape index (κ2) is 5.00. The third-order valence-corrected chi connectivity index (χ3v) is 6.08. The van der Waals surface area contributed by atoms with Crippen molar-refractivity contribution in [2.75, 3.05) is 18.8 Å². The van der Waals surface area contributed by atoms with Gasteiger partial charge in [-0.1, -0.05) is 25.1 Å². The van der Waals surface area contributed by atoms with Crippen LogP contribution in [0.1, 0.15) is 12.5 Å². The van der Waals surface area contributed by atoms with Gasteiger partial charge in [0.2, 0.25) is 10.0 Å². The Balaban J connectivity index is 2.33. The first kappa shape index (κ1) is 12.9. The smallest absolute Gasteiger partial charge is 0.207 e. The predicted molar refractivity (Wildman–Crippen MR) is 71.9 cm³/mol. The van der Waals surface area contributed by atoms with Gasteiger partial charge < -0.3 is 0 Å². The summed E-state index contributed by atoms with van der Waals surface area (Å²) in [5, 5.41) is 0.377. The van der Waals surface area contributed by atoms with Crippen molar-refractivity contribution in [3.63, 3.8) is 0 Å². The number of thioether (sulfide) groups is 1. The van der Waals surface area contributed by atoms with Gasteiger partial charge in [0, 0.05) is 24.1 Å². The van der Waals surface area contributed by atoms with E-state index in [1.165, 1.54) is 0 Å². The van der Waals surface area contributed by atoms with E-state index in [4.69, 9.17) is 0 Å². The first-order chi connectivity index (χ1) is 8.01. The predicted octanol–water partition coefficient (Wildman–Crippen LogP) is 2.12. The summed E-state index contributed by atoms with van der Waals surface area (Å²) in [6.07, 6.45) is 0. The molecule has 17 heavy (non-hydrogen) atoms. The lowest BCUT2D eigenvalue weighted by molar-refractivity contribution is 0.424. The van der Waals surface area contributed by atoms with Crippen molar-refractivity contribution in [2.24, 2.45) is 0 Å². The van der Waals surface area contributed by atoms with Crippen LogP contribution in [-0.2, 0) is 10.0 Å². The van der Waals surface area contributed by atoms with Gasteiger partial charge in [-0.3, -0.25) is 0 Å². The molecule has 0 spiro atoms. The lowest BCUT2D eigenvalue weighted by Crippen LogP contribution is -2.41. The molecule has 2 rings (SSSR count). The molecule has 3 nitrogen and oxygen atoms in total. The van der Waals surface area contributed by atoms with E-state index >= 15 is 0 Å². The van der Waals surface area contributed by atoms with Crippen molar-refractivity contribution in [2.45, 2.75) is 24.0 Å². The molecule has 1 heterocycles. The molecule has 0 aliphatic carbocycles. The van der Waals surface area contributed by atoms with E-state index < -0.39 is 10.0 Å². The van der Waals surface area contributed by atoms with Crippen LogP contribution in [-0.4, -0.2) is 36.8 Å². The number of rotatable bonds is 2. The van der Waals surface area contributed by atoms with Gasteiger partial charge in [-0.05, 0) is 18.6 Å². The van der Waals surface area contributed by atoms with E-state index in [2.05, 4.69) is 6.92 Å². The molecule has 0 aromatic heterocycles. The SMILES string of the molecule is Cc1ccccc1S(=O)(=O)N1CCSC(C)C1. The summed E-state index contributed by atoms with van der Waals surface area (Å²) in [6.45, 7) is 5.15. The average Bonchev–Trinajstić information content (AvgIpc) is 2.29. The van der Waals surface area contributed by atoms with Gasteiger partial charge in [0.05, 0.1) is 4.90 Å². The highest BCUT2D eigenvalue weighted by Gasteiger charge is 2.29. The highest BCUT2D eigenvalue weighted by atomic mass is 32.2. The molecule has 0 radical (unpaired) electrons. The van der Waals surface area contributed by atoms with Gasteiger partial charge in [-0.15, -0.1) is 0 Å². The van der Waals surface area contributed by atoms with E-state index in [0.29, 0.717) is 23.2 Å². The molecular formula is C12H17NO2S2. The summed E-state index contributed by atoms with van der Waals surface area (Å²) in [7, 11) is -3.31. The fourth-order valence-corrected chi connectivity index (χ4v) is 4.97. The van der Waals surface area contributed by atoms with Crippen LogP contribution in [0.25, 0.3) is 0 Å². The molecule has 1 aromatic carbocycles. The highest BCUT2D eigenvalue weighted by molar-refractivity contribution is 8.00. The summed E-state index contributed by atoms with van der Waals surface area (Å²) in [5.41, 5.74) is 0.818. The molecule has 1 saturated heterocycles. The molecule has 1 aromatic rings. The Labute approximate surface area is 107 Å². The molecule has 1 unspecified atom stereocenters. The minimum atomic E-state index is -3.31. The van der Waals surface area contributed by atoms with Crippen molar-refractivity contribution in [1.29, 1.82) is 0 Å². The molecular weight excluding hydrogens is 254 g/mol. The van der Waals surface area contributed by atoms with E-state index in [1.54, 1.807) is 16.4 Å². The van der Waals surface area contributed by atoms with E-state index in [-0.39, 0.29) is 0 Å².